The Morgan fingerprint density at radius 1 is 1.11 bits per heavy atom. The van der Waals surface area contributed by atoms with Crippen molar-refractivity contribution in [2.24, 2.45) is 0 Å². The lowest BCUT2D eigenvalue weighted by Gasteiger charge is -2.31. The van der Waals surface area contributed by atoms with Crippen LogP contribution in [0.15, 0.2) is 0 Å². The van der Waals surface area contributed by atoms with Gasteiger partial charge in [-0.1, -0.05) is 19.3 Å². The summed E-state index contributed by atoms with van der Waals surface area (Å²) >= 11 is 0. The maximum Gasteiger partial charge on any atom is 0.0650 e. The molecule has 0 spiro atoms. The Bertz CT molecular complexity index is 82.6. The van der Waals surface area contributed by atoms with Crippen LogP contribution in [0.4, 0.5) is 0 Å². The molecule has 0 aromatic carbocycles. The first-order valence-electron chi connectivity index (χ1n) is 3.82. The average molecular weight is 128 g/mol. The number of rotatable bonds is 1. The molecule has 1 rings (SSSR count). The van der Waals surface area contributed by atoms with Crippen molar-refractivity contribution in [1.82, 2.24) is 0 Å². The number of methoxy groups -OCH3 is 1. The number of hydrogen-bond acceptors (Lipinski definition) is 1. The Balaban J connectivity index is 2.37. The van der Waals surface area contributed by atoms with Gasteiger partial charge in [-0.25, -0.2) is 0 Å². The van der Waals surface area contributed by atoms with E-state index in [1.165, 1.54) is 32.1 Å². The molecule has 0 bridgehead atoms. The van der Waals surface area contributed by atoms with E-state index in [-0.39, 0.29) is 5.60 Å². The van der Waals surface area contributed by atoms with Crippen LogP contribution in [0.25, 0.3) is 0 Å². The van der Waals surface area contributed by atoms with Crippen LogP contribution in [0.3, 0.4) is 0 Å². The summed E-state index contributed by atoms with van der Waals surface area (Å²) in [6.45, 7) is 2.21. The van der Waals surface area contributed by atoms with Gasteiger partial charge in [-0.3, -0.25) is 0 Å². The molecule has 0 saturated heterocycles. The smallest absolute Gasteiger partial charge is 0.0650 e. The molecular weight excluding hydrogens is 112 g/mol. The van der Waals surface area contributed by atoms with Gasteiger partial charge in [-0.05, 0) is 19.8 Å². The SMILES string of the molecule is COC1(C)CCCCC1. The Kier molecular flexibility index (Phi) is 2.12. The number of ether oxygens (including phenoxy) is 1. The normalized spacial score (nSPS) is 26.0. The zero-order valence-electron chi connectivity index (χ0n) is 6.44. The first-order chi connectivity index (χ1) is 4.27. The topological polar surface area (TPSA) is 9.23 Å². The lowest BCUT2D eigenvalue weighted by Crippen LogP contribution is -2.29. The summed E-state index contributed by atoms with van der Waals surface area (Å²) < 4.78 is 5.38. The number of hydrogen-bond donors (Lipinski definition) is 0. The molecule has 0 radical (unpaired) electrons. The summed E-state index contributed by atoms with van der Waals surface area (Å²) in [6, 6.07) is 0. The summed E-state index contributed by atoms with van der Waals surface area (Å²) in [4.78, 5) is 0. The zero-order valence-corrected chi connectivity index (χ0v) is 6.44. The van der Waals surface area contributed by atoms with Gasteiger partial charge in [0.1, 0.15) is 0 Å². The molecule has 0 atom stereocenters. The van der Waals surface area contributed by atoms with E-state index >= 15 is 0 Å². The fourth-order valence-corrected chi connectivity index (χ4v) is 1.50. The third-order valence-electron chi connectivity index (χ3n) is 2.40. The Morgan fingerprint density at radius 3 is 2.00 bits per heavy atom. The Morgan fingerprint density at radius 2 is 1.67 bits per heavy atom. The van der Waals surface area contributed by atoms with Crippen molar-refractivity contribution in [3.8, 4) is 0 Å². The molecule has 0 aromatic heterocycles. The fraction of sp³-hybridized carbons (Fsp3) is 1.00. The molecule has 1 nitrogen and oxygen atoms in total. The molecule has 1 heteroatoms. The molecule has 0 heterocycles. The van der Waals surface area contributed by atoms with Crippen LogP contribution >= 0.6 is 0 Å². The fourth-order valence-electron chi connectivity index (χ4n) is 1.50. The van der Waals surface area contributed by atoms with Crippen LogP contribution in [-0.2, 0) is 4.74 Å². The van der Waals surface area contributed by atoms with E-state index in [0.29, 0.717) is 0 Å². The maximum absolute atomic E-state index is 5.38. The van der Waals surface area contributed by atoms with Gasteiger partial charge in [0, 0.05) is 7.11 Å². The van der Waals surface area contributed by atoms with Gasteiger partial charge < -0.3 is 4.74 Å². The Labute approximate surface area is 57.4 Å². The van der Waals surface area contributed by atoms with Gasteiger partial charge in [0.2, 0.25) is 0 Å². The van der Waals surface area contributed by atoms with E-state index in [0.717, 1.165) is 0 Å². The van der Waals surface area contributed by atoms with Gasteiger partial charge in [-0.2, -0.15) is 0 Å². The van der Waals surface area contributed by atoms with Gasteiger partial charge in [0.25, 0.3) is 0 Å². The molecule has 1 aliphatic rings. The van der Waals surface area contributed by atoms with Crippen molar-refractivity contribution >= 4 is 0 Å². The molecule has 0 N–H and O–H groups in total. The minimum Gasteiger partial charge on any atom is -0.379 e. The second kappa shape index (κ2) is 2.70. The van der Waals surface area contributed by atoms with Crippen molar-refractivity contribution in [3.63, 3.8) is 0 Å². The van der Waals surface area contributed by atoms with Crippen molar-refractivity contribution in [2.75, 3.05) is 7.11 Å². The van der Waals surface area contributed by atoms with E-state index in [1.54, 1.807) is 0 Å². The molecule has 54 valence electrons. The van der Waals surface area contributed by atoms with Crippen LogP contribution in [-0.4, -0.2) is 12.7 Å². The maximum atomic E-state index is 5.38. The first-order valence-corrected chi connectivity index (χ1v) is 3.82. The van der Waals surface area contributed by atoms with Crippen LogP contribution < -0.4 is 0 Å². The second-order valence-corrected chi connectivity index (χ2v) is 3.21. The molecule has 1 saturated carbocycles. The lowest BCUT2D eigenvalue weighted by molar-refractivity contribution is -0.0231. The predicted octanol–water partition coefficient (Wildman–Crippen LogP) is 2.36. The second-order valence-electron chi connectivity index (χ2n) is 3.21. The zero-order chi connectivity index (χ0) is 6.74. The summed E-state index contributed by atoms with van der Waals surface area (Å²) in [7, 11) is 1.82. The minimum atomic E-state index is 0.220. The molecule has 0 amide bonds. The van der Waals surface area contributed by atoms with Gasteiger partial charge >= 0.3 is 0 Å². The summed E-state index contributed by atoms with van der Waals surface area (Å²) in [5, 5.41) is 0. The summed E-state index contributed by atoms with van der Waals surface area (Å²) in [6.07, 6.45) is 6.61. The summed E-state index contributed by atoms with van der Waals surface area (Å²) in [5.41, 5.74) is 0.220. The molecule has 0 aliphatic heterocycles. The van der Waals surface area contributed by atoms with Crippen molar-refractivity contribution in [3.05, 3.63) is 0 Å². The van der Waals surface area contributed by atoms with Crippen LogP contribution in [0.2, 0.25) is 0 Å². The molecule has 0 aromatic rings. The van der Waals surface area contributed by atoms with E-state index < -0.39 is 0 Å². The van der Waals surface area contributed by atoms with Crippen molar-refractivity contribution < 1.29 is 4.74 Å². The minimum absolute atomic E-state index is 0.220. The predicted molar refractivity (Wildman–Crippen MR) is 38.5 cm³/mol. The van der Waals surface area contributed by atoms with Gasteiger partial charge in [0.05, 0.1) is 5.60 Å². The van der Waals surface area contributed by atoms with Gasteiger partial charge in [-0.15, -0.1) is 0 Å². The summed E-state index contributed by atoms with van der Waals surface area (Å²) in [5.74, 6) is 0. The highest BCUT2D eigenvalue weighted by molar-refractivity contribution is 4.78. The van der Waals surface area contributed by atoms with Crippen LogP contribution in [0, 0.1) is 0 Å². The quantitative estimate of drug-likeness (QED) is 0.526. The third-order valence-corrected chi connectivity index (χ3v) is 2.40. The molecule has 0 unspecified atom stereocenters. The third kappa shape index (κ3) is 1.68. The van der Waals surface area contributed by atoms with Crippen LogP contribution in [0.5, 0.6) is 0 Å². The highest BCUT2D eigenvalue weighted by atomic mass is 16.5. The van der Waals surface area contributed by atoms with E-state index in [2.05, 4.69) is 6.92 Å². The molecule has 1 aliphatic carbocycles. The monoisotopic (exact) mass is 128 g/mol. The highest BCUT2D eigenvalue weighted by Gasteiger charge is 2.25. The molecule has 1 fully saturated rings. The highest BCUT2D eigenvalue weighted by Crippen LogP contribution is 2.29. The average Bonchev–Trinajstić information content (AvgIpc) is 1.90. The van der Waals surface area contributed by atoms with E-state index in [9.17, 15) is 0 Å². The molecule has 9 heavy (non-hydrogen) atoms. The first kappa shape index (κ1) is 7.07. The van der Waals surface area contributed by atoms with Gasteiger partial charge in [0.15, 0.2) is 0 Å². The van der Waals surface area contributed by atoms with E-state index in [1.807, 2.05) is 7.11 Å². The lowest BCUT2D eigenvalue weighted by atomic mass is 9.86. The standard InChI is InChI=1S/C8H16O/c1-8(9-2)6-4-3-5-7-8/h3-7H2,1-2H3. The van der Waals surface area contributed by atoms with E-state index in [4.69, 9.17) is 4.74 Å². The van der Waals surface area contributed by atoms with Crippen molar-refractivity contribution in [2.45, 2.75) is 44.6 Å². The Hall–Kier alpha value is -0.0400. The van der Waals surface area contributed by atoms with Crippen LogP contribution in [0.1, 0.15) is 39.0 Å². The molecular formula is C8H16O. The largest absolute Gasteiger partial charge is 0.379 e. The van der Waals surface area contributed by atoms with Crippen molar-refractivity contribution in [1.29, 1.82) is 0 Å².